The fraction of sp³-hybridized carbons (Fsp3) is 0.419. The van der Waals surface area contributed by atoms with Gasteiger partial charge in [0.1, 0.15) is 11.9 Å². The van der Waals surface area contributed by atoms with Crippen LogP contribution in [0.15, 0.2) is 78.9 Å². The third-order valence-electron chi connectivity index (χ3n) is 9.13. The van der Waals surface area contributed by atoms with Crippen LogP contribution in [0.3, 0.4) is 0 Å². The van der Waals surface area contributed by atoms with Crippen molar-refractivity contribution in [1.29, 1.82) is 0 Å². The molecule has 182 valence electrons. The van der Waals surface area contributed by atoms with E-state index < -0.39 is 0 Å². The summed E-state index contributed by atoms with van der Waals surface area (Å²) in [5.74, 6) is 2.52. The molecule has 0 saturated heterocycles. The number of rotatable bonds is 6. The SMILES string of the molecule is C[C@]12CCC3c4ccc(O)cc4CCC3C1CC[C@H]2O[SH+]N(Cc1ccccc1)c1ccccc1. The van der Waals surface area contributed by atoms with Crippen LogP contribution in [0, 0.1) is 17.3 Å². The van der Waals surface area contributed by atoms with Gasteiger partial charge in [0.25, 0.3) is 12.2 Å². The number of aryl methyl sites for hydroxylation is 1. The van der Waals surface area contributed by atoms with Crippen molar-refractivity contribution in [3.05, 3.63) is 95.6 Å². The summed E-state index contributed by atoms with van der Waals surface area (Å²) >= 11 is 0.933. The van der Waals surface area contributed by atoms with Crippen LogP contribution >= 0.6 is 0 Å². The van der Waals surface area contributed by atoms with Gasteiger partial charge in [-0.3, -0.25) is 0 Å². The van der Waals surface area contributed by atoms with E-state index in [0.29, 0.717) is 17.8 Å². The number of nitrogens with zero attached hydrogens (tertiary/aromatic N) is 1. The Morgan fingerprint density at radius 2 is 1.71 bits per heavy atom. The Kier molecular flexibility index (Phi) is 6.28. The van der Waals surface area contributed by atoms with E-state index in [9.17, 15) is 5.11 Å². The maximum absolute atomic E-state index is 9.97. The Labute approximate surface area is 213 Å². The Bertz CT molecular complexity index is 1150. The van der Waals surface area contributed by atoms with Gasteiger partial charge < -0.3 is 5.11 Å². The van der Waals surface area contributed by atoms with E-state index in [2.05, 4.69) is 78.0 Å². The molecule has 3 unspecified atom stereocenters. The lowest BCUT2D eigenvalue weighted by Gasteiger charge is -2.50. The van der Waals surface area contributed by atoms with Crippen LogP contribution in [0.5, 0.6) is 5.75 Å². The van der Waals surface area contributed by atoms with E-state index in [0.717, 1.165) is 43.5 Å². The molecule has 35 heavy (non-hydrogen) atoms. The highest BCUT2D eigenvalue weighted by Gasteiger charge is 2.56. The van der Waals surface area contributed by atoms with Gasteiger partial charge in [0.2, 0.25) is 0 Å². The number of aromatic hydroxyl groups is 1. The number of phenols is 1. The Morgan fingerprint density at radius 3 is 2.51 bits per heavy atom. The maximum Gasteiger partial charge on any atom is 0.253 e. The van der Waals surface area contributed by atoms with Crippen LogP contribution in [0.4, 0.5) is 5.69 Å². The van der Waals surface area contributed by atoms with Gasteiger partial charge in [0, 0.05) is 5.41 Å². The molecule has 3 nitrogen and oxygen atoms in total. The van der Waals surface area contributed by atoms with Gasteiger partial charge in [0.15, 0.2) is 0 Å². The highest BCUT2D eigenvalue weighted by atomic mass is 32.2. The normalized spacial score (nSPS) is 29.2. The van der Waals surface area contributed by atoms with Crippen LogP contribution in [0.25, 0.3) is 0 Å². The summed E-state index contributed by atoms with van der Waals surface area (Å²) in [4.78, 5) is 0. The van der Waals surface area contributed by atoms with E-state index in [1.165, 1.54) is 48.1 Å². The van der Waals surface area contributed by atoms with E-state index >= 15 is 0 Å². The first-order valence-corrected chi connectivity index (χ1v) is 13.9. The number of hydrogen-bond donors (Lipinski definition) is 1. The fourth-order valence-corrected chi connectivity index (χ4v) is 8.35. The Hall–Kier alpha value is -2.43. The predicted octanol–water partition coefficient (Wildman–Crippen LogP) is 6.99. The molecule has 3 aliphatic carbocycles. The second-order valence-corrected chi connectivity index (χ2v) is 11.8. The predicted molar refractivity (Wildman–Crippen MR) is 145 cm³/mol. The molecule has 2 fully saturated rings. The lowest BCUT2D eigenvalue weighted by atomic mass is 9.55. The number of hydrogen-bond acceptors (Lipinski definition) is 3. The summed E-state index contributed by atoms with van der Waals surface area (Å²) < 4.78 is 9.14. The van der Waals surface area contributed by atoms with Crippen LogP contribution in [-0.4, -0.2) is 11.2 Å². The smallest absolute Gasteiger partial charge is 0.253 e. The lowest BCUT2D eigenvalue weighted by molar-refractivity contribution is -0.00358. The number of thiol groups is 1. The van der Waals surface area contributed by atoms with Gasteiger partial charge in [-0.05, 0) is 97.2 Å². The summed E-state index contributed by atoms with van der Waals surface area (Å²) in [6, 6.07) is 27.4. The number of benzene rings is 3. The van der Waals surface area contributed by atoms with Crippen molar-refractivity contribution in [1.82, 2.24) is 0 Å². The molecule has 0 heterocycles. The minimum Gasteiger partial charge on any atom is -0.508 e. The van der Waals surface area contributed by atoms with E-state index in [1.54, 1.807) is 0 Å². The summed E-state index contributed by atoms with van der Waals surface area (Å²) in [5, 5.41) is 9.97. The number of phenolic OH excluding ortho intramolecular Hbond substituents is 1. The molecule has 1 N–H and O–H groups in total. The molecule has 5 atom stereocenters. The summed E-state index contributed by atoms with van der Waals surface area (Å²) in [7, 11) is 0. The number of anilines is 1. The zero-order valence-electron chi connectivity index (χ0n) is 20.5. The molecule has 0 spiro atoms. The van der Waals surface area contributed by atoms with Crippen molar-refractivity contribution in [2.75, 3.05) is 4.31 Å². The minimum absolute atomic E-state index is 0.248. The van der Waals surface area contributed by atoms with Gasteiger partial charge >= 0.3 is 0 Å². The van der Waals surface area contributed by atoms with Crippen LogP contribution in [0.1, 0.15) is 61.6 Å². The molecule has 0 bridgehead atoms. The summed E-state index contributed by atoms with van der Waals surface area (Å²) in [5.41, 5.74) is 5.63. The quantitative estimate of drug-likeness (QED) is 0.301. The zero-order chi connectivity index (χ0) is 23.8. The van der Waals surface area contributed by atoms with Gasteiger partial charge in [-0.1, -0.05) is 61.5 Å². The average Bonchev–Trinajstić information content (AvgIpc) is 3.23. The minimum atomic E-state index is 0.248. The van der Waals surface area contributed by atoms with Crippen molar-refractivity contribution in [2.24, 2.45) is 17.3 Å². The molecule has 4 heteroatoms. The summed E-state index contributed by atoms with van der Waals surface area (Å²) in [6.07, 6.45) is 7.54. The highest BCUT2D eigenvalue weighted by molar-refractivity contribution is 7.75. The Morgan fingerprint density at radius 1 is 0.943 bits per heavy atom. The fourth-order valence-electron chi connectivity index (χ4n) is 7.33. The van der Waals surface area contributed by atoms with Crippen molar-refractivity contribution < 1.29 is 9.29 Å². The second kappa shape index (κ2) is 9.55. The first-order chi connectivity index (χ1) is 17.1. The van der Waals surface area contributed by atoms with Gasteiger partial charge in [-0.15, -0.1) is 4.18 Å². The van der Waals surface area contributed by atoms with Gasteiger partial charge in [-0.2, -0.15) is 4.31 Å². The number of fused-ring (bicyclic) bond motifs is 5. The molecule has 3 aromatic carbocycles. The number of para-hydroxylation sites is 1. The Balaban J connectivity index is 1.18. The van der Waals surface area contributed by atoms with E-state index in [-0.39, 0.29) is 5.41 Å². The van der Waals surface area contributed by atoms with Crippen LogP contribution in [-0.2, 0) is 29.4 Å². The molecular formula is C31H36NO2S+. The van der Waals surface area contributed by atoms with Crippen LogP contribution in [0.2, 0.25) is 0 Å². The molecule has 2 saturated carbocycles. The first-order valence-electron chi connectivity index (χ1n) is 13.2. The molecule has 6 rings (SSSR count). The molecule has 3 aromatic rings. The highest BCUT2D eigenvalue weighted by Crippen LogP contribution is 2.61. The van der Waals surface area contributed by atoms with Crippen molar-refractivity contribution in [3.63, 3.8) is 0 Å². The second-order valence-electron chi connectivity index (χ2n) is 11.0. The molecule has 0 amide bonds. The monoisotopic (exact) mass is 486 g/mol. The molecule has 3 aliphatic rings. The largest absolute Gasteiger partial charge is 0.508 e. The summed E-state index contributed by atoms with van der Waals surface area (Å²) in [6.45, 7) is 3.35. The maximum atomic E-state index is 9.97. The van der Waals surface area contributed by atoms with E-state index in [1.807, 2.05) is 12.1 Å². The van der Waals surface area contributed by atoms with Crippen LogP contribution < -0.4 is 4.31 Å². The molecular weight excluding hydrogens is 450 g/mol. The van der Waals surface area contributed by atoms with Gasteiger partial charge in [0.05, 0.1) is 12.2 Å². The zero-order valence-corrected chi connectivity index (χ0v) is 21.4. The third kappa shape index (κ3) is 4.36. The third-order valence-corrected chi connectivity index (χ3v) is 10.0. The van der Waals surface area contributed by atoms with Crippen molar-refractivity contribution >= 4 is 17.9 Å². The molecule has 0 aromatic heterocycles. The van der Waals surface area contributed by atoms with E-state index in [4.69, 9.17) is 4.18 Å². The lowest BCUT2D eigenvalue weighted by Crippen LogP contribution is -2.45. The van der Waals surface area contributed by atoms with Gasteiger partial charge in [-0.25, -0.2) is 0 Å². The van der Waals surface area contributed by atoms with Crippen molar-refractivity contribution in [3.8, 4) is 5.75 Å². The topological polar surface area (TPSA) is 32.7 Å². The standard InChI is InChI=1S/C31H35NO2S/c1-31-19-18-27-26-15-13-25(33)20-23(26)12-14-28(27)29(31)16-17-30(31)34-35-32(24-10-6-3-7-11-24)21-22-8-4-2-5-9-22/h2-11,13,15,20,27-30,33H,12,14,16-19,21H2,1H3/p+1/t27?,28?,29?,30-,31+/m1/s1. The molecule has 0 aliphatic heterocycles. The average molecular weight is 487 g/mol. The van der Waals surface area contributed by atoms with Crippen molar-refractivity contribution in [2.45, 2.75) is 64.0 Å². The first kappa shape index (κ1) is 23.0. The molecule has 0 radical (unpaired) electrons.